The number of ether oxygens (including phenoxy) is 1. The highest BCUT2D eigenvalue weighted by Gasteiger charge is 2.36. The molecule has 1 heterocycles. The number of carbonyl (C=O) groups is 1. The van der Waals surface area contributed by atoms with E-state index in [0.29, 0.717) is 12.1 Å². The number of piperidine rings is 1. The number of carbonyl (C=O) groups excluding carboxylic acids is 1. The third kappa shape index (κ3) is 4.43. The van der Waals surface area contributed by atoms with Gasteiger partial charge in [0.05, 0.1) is 11.6 Å². The van der Waals surface area contributed by atoms with Gasteiger partial charge in [-0.3, -0.25) is 4.79 Å². The zero-order chi connectivity index (χ0) is 14.6. The van der Waals surface area contributed by atoms with Crippen LogP contribution in [0.1, 0.15) is 45.4 Å². The summed E-state index contributed by atoms with van der Waals surface area (Å²) >= 11 is 0. The molecule has 1 amide bonds. The molecule has 0 bridgehead atoms. The number of rotatable bonds is 8. The Morgan fingerprint density at radius 1 is 1.35 bits per heavy atom. The van der Waals surface area contributed by atoms with E-state index >= 15 is 0 Å². The minimum absolute atomic E-state index is 0.220. The van der Waals surface area contributed by atoms with Gasteiger partial charge in [0.1, 0.15) is 0 Å². The summed E-state index contributed by atoms with van der Waals surface area (Å²) in [5, 5.41) is 3.41. The number of hydrogen-bond acceptors (Lipinski definition) is 4. The molecule has 0 aromatic heterocycles. The Labute approximate surface area is 122 Å². The van der Waals surface area contributed by atoms with Gasteiger partial charge in [0.15, 0.2) is 0 Å². The van der Waals surface area contributed by atoms with Gasteiger partial charge in [-0.05, 0) is 52.0 Å². The van der Waals surface area contributed by atoms with Crippen molar-refractivity contribution in [2.24, 2.45) is 5.73 Å². The first-order valence-electron chi connectivity index (χ1n) is 7.86. The van der Waals surface area contributed by atoms with Gasteiger partial charge in [0.25, 0.3) is 0 Å². The van der Waals surface area contributed by atoms with Crippen LogP contribution in [-0.2, 0) is 9.53 Å². The molecule has 1 aliphatic heterocycles. The molecule has 2 aliphatic rings. The molecule has 1 aliphatic carbocycles. The van der Waals surface area contributed by atoms with Gasteiger partial charge in [0.2, 0.25) is 5.91 Å². The highest BCUT2D eigenvalue weighted by Crippen LogP contribution is 2.25. The van der Waals surface area contributed by atoms with Crippen molar-refractivity contribution in [3.63, 3.8) is 0 Å². The van der Waals surface area contributed by atoms with Crippen LogP contribution in [0.4, 0.5) is 0 Å². The normalized spacial score (nSPS) is 24.5. The molecule has 5 heteroatoms. The number of nitrogens with two attached hydrogens (primary N) is 1. The van der Waals surface area contributed by atoms with E-state index < -0.39 is 5.54 Å². The molecule has 1 saturated heterocycles. The van der Waals surface area contributed by atoms with Crippen LogP contribution in [0.25, 0.3) is 0 Å². The number of nitrogens with zero attached hydrogens (tertiary/aromatic N) is 1. The van der Waals surface area contributed by atoms with Gasteiger partial charge >= 0.3 is 0 Å². The van der Waals surface area contributed by atoms with Crippen LogP contribution in [0.5, 0.6) is 0 Å². The van der Waals surface area contributed by atoms with Gasteiger partial charge in [-0.15, -0.1) is 0 Å². The number of likely N-dealkylation sites (tertiary alicyclic amines) is 1. The van der Waals surface area contributed by atoms with Crippen molar-refractivity contribution in [3.05, 3.63) is 0 Å². The van der Waals surface area contributed by atoms with E-state index in [0.717, 1.165) is 45.3 Å². The molecule has 5 nitrogen and oxygen atoms in total. The van der Waals surface area contributed by atoms with E-state index in [-0.39, 0.29) is 5.91 Å². The van der Waals surface area contributed by atoms with E-state index in [2.05, 4.69) is 10.2 Å². The molecule has 1 saturated carbocycles. The predicted octanol–water partition coefficient (Wildman–Crippen LogP) is 0.873. The largest absolute Gasteiger partial charge is 0.381 e. The van der Waals surface area contributed by atoms with E-state index in [9.17, 15) is 4.79 Å². The molecule has 1 atom stereocenters. The first kappa shape index (κ1) is 15.7. The second kappa shape index (κ2) is 6.87. The molecule has 2 rings (SSSR count). The minimum atomic E-state index is -0.536. The lowest BCUT2D eigenvalue weighted by molar-refractivity contribution is -0.124. The summed E-state index contributed by atoms with van der Waals surface area (Å²) in [5.41, 5.74) is 5.04. The van der Waals surface area contributed by atoms with Crippen LogP contribution in [0.3, 0.4) is 0 Å². The average Bonchev–Trinajstić information content (AvgIpc) is 3.23. The second-order valence-electron chi connectivity index (χ2n) is 6.50. The number of nitrogens with one attached hydrogen (secondary N) is 1. The molecule has 20 heavy (non-hydrogen) atoms. The van der Waals surface area contributed by atoms with Crippen molar-refractivity contribution in [3.8, 4) is 0 Å². The Bertz CT molecular complexity index is 325. The van der Waals surface area contributed by atoms with E-state index in [1.54, 1.807) is 7.11 Å². The van der Waals surface area contributed by atoms with Gasteiger partial charge in [-0.1, -0.05) is 0 Å². The minimum Gasteiger partial charge on any atom is -0.381 e. The maximum atomic E-state index is 11.7. The Morgan fingerprint density at radius 2 is 2.00 bits per heavy atom. The molecule has 1 unspecified atom stereocenters. The Hall–Kier alpha value is -0.650. The van der Waals surface area contributed by atoms with Crippen LogP contribution in [0, 0.1) is 0 Å². The van der Waals surface area contributed by atoms with E-state index in [1.807, 2.05) is 6.92 Å². The average molecular weight is 283 g/mol. The highest BCUT2D eigenvalue weighted by molar-refractivity contribution is 5.84. The molecule has 116 valence electrons. The van der Waals surface area contributed by atoms with Crippen molar-refractivity contribution in [1.29, 1.82) is 0 Å². The standard InChI is InChI=1S/C15H29N3O2/c1-15(14(16)19,17-12-4-5-12)8-3-9-18-10-6-13(20-2)7-11-18/h12-13,17H,3-11H2,1-2H3,(H2,16,19). The van der Waals surface area contributed by atoms with Crippen LogP contribution in [0.15, 0.2) is 0 Å². The Kier molecular flexibility index (Phi) is 5.41. The van der Waals surface area contributed by atoms with Crippen LogP contribution in [0.2, 0.25) is 0 Å². The third-order valence-electron chi connectivity index (χ3n) is 4.66. The van der Waals surface area contributed by atoms with Crippen LogP contribution >= 0.6 is 0 Å². The zero-order valence-corrected chi connectivity index (χ0v) is 12.9. The summed E-state index contributed by atoms with van der Waals surface area (Å²) in [7, 11) is 1.79. The van der Waals surface area contributed by atoms with Crippen LogP contribution in [-0.4, -0.2) is 55.2 Å². The molecule has 2 fully saturated rings. The summed E-state index contributed by atoms with van der Waals surface area (Å²) < 4.78 is 5.38. The van der Waals surface area contributed by atoms with E-state index in [4.69, 9.17) is 10.5 Å². The fraction of sp³-hybridized carbons (Fsp3) is 0.933. The number of primary amides is 1. The quantitative estimate of drug-likeness (QED) is 0.694. The molecule has 0 aromatic carbocycles. The summed E-state index contributed by atoms with van der Waals surface area (Å²) in [6, 6.07) is 0.505. The topological polar surface area (TPSA) is 67.6 Å². The first-order valence-corrected chi connectivity index (χ1v) is 7.86. The lowest BCUT2D eigenvalue weighted by Gasteiger charge is -2.33. The third-order valence-corrected chi connectivity index (χ3v) is 4.66. The number of hydrogen-bond donors (Lipinski definition) is 2. The number of methoxy groups -OCH3 is 1. The summed E-state index contributed by atoms with van der Waals surface area (Å²) in [5.74, 6) is -0.220. The first-order chi connectivity index (χ1) is 9.53. The van der Waals surface area contributed by atoms with Gasteiger partial charge in [0, 0.05) is 26.2 Å². The Balaban J connectivity index is 1.69. The van der Waals surface area contributed by atoms with Crippen molar-refractivity contribution < 1.29 is 9.53 Å². The molecule has 0 radical (unpaired) electrons. The highest BCUT2D eigenvalue weighted by atomic mass is 16.5. The van der Waals surface area contributed by atoms with Crippen molar-refractivity contribution >= 4 is 5.91 Å². The van der Waals surface area contributed by atoms with Gasteiger partial charge in [-0.25, -0.2) is 0 Å². The fourth-order valence-electron chi connectivity index (χ4n) is 2.97. The zero-order valence-electron chi connectivity index (χ0n) is 12.9. The summed E-state index contributed by atoms with van der Waals surface area (Å²) in [4.78, 5) is 14.1. The number of amides is 1. The lowest BCUT2D eigenvalue weighted by atomic mass is 9.94. The van der Waals surface area contributed by atoms with Crippen LogP contribution < -0.4 is 11.1 Å². The molecule has 0 spiro atoms. The summed E-state index contributed by atoms with van der Waals surface area (Å²) in [6.45, 7) is 5.19. The maximum absolute atomic E-state index is 11.7. The monoisotopic (exact) mass is 283 g/mol. The molecule has 3 N–H and O–H groups in total. The molecular formula is C15H29N3O2. The van der Waals surface area contributed by atoms with Crippen molar-refractivity contribution in [1.82, 2.24) is 10.2 Å². The lowest BCUT2D eigenvalue weighted by Crippen LogP contribution is -2.54. The SMILES string of the molecule is COC1CCN(CCCC(C)(NC2CC2)C(N)=O)CC1. The second-order valence-corrected chi connectivity index (χ2v) is 6.50. The summed E-state index contributed by atoms with van der Waals surface area (Å²) in [6.07, 6.45) is 6.84. The van der Waals surface area contributed by atoms with Gasteiger partial charge < -0.3 is 20.7 Å². The predicted molar refractivity (Wildman–Crippen MR) is 79.5 cm³/mol. The van der Waals surface area contributed by atoms with E-state index in [1.165, 1.54) is 12.8 Å². The van der Waals surface area contributed by atoms with Crippen molar-refractivity contribution in [2.75, 3.05) is 26.7 Å². The van der Waals surface area contributed by atoms with Gasteiger partial charge in [-0.2, -0.15) is 0 Å². The van der Waals surface area contributed by atoms with Crippen molar-refractivity contribution in [2.45, 2.75) is 63.1 Å². The maximum Gasteiger partial charge on any atom is 0.237 e. The molecular weight excluding hydrogens is 254 g/mol. The molecule has 0 aromatic rings. The Morgan fingerprint density at radius 3 is 2.50 bits per heavy atom. The smallest absolute Gasteiger partial charge is 0.237 e. The fourth-order valence-corrected chi connectivity index (χ4v) is 2.97.